The van der Waals surface area contributed by atoms with E-state index in [0.717, 1.165) is 23.6 Å². The predicted molar refractivity (Wildman–Crippen MR) is 105 cm³/mol. The lowest BCUT2D eigenvalue weighted by Crippen LogP contribution is -2.33. The lowest BCUT2D eigenvalue weighted by molar-refractivity contribution is 0.709. The molecule has 0 atom stereocenters. The smallest absolute Gasteiger partial charge is 0.0955 e. The van der Waals surface area contributed by atoms with Crippen molar-refractivity contribution >= 4 is 17.1 Å². The molecule has 1 N–H and O–H groups in total. The molecule has 0 unspecified atom stereocenters. The van der Waals surface area contributed by atoms with Crippen LogP contribution in [0.2, 0.25) is 0 Å². The van der Waals surface area contributed by atoms with Gasteiger partial charge in [0.1, 0.15) is 0 Å². The van der Waals surface area contributed by atoms with E-state index in [1.165, 1.54) is 22.6 Å². The zero-order valence-electron chi connectivity index (χ0n) is 15.2. The number of aromatic nitrogens is 2. The normalized spacial score (nSPS) is 13.6. The quantitative estimate of drug-likeness (QED) is 0.731. The second-order valence-corrected chi connectivity index (χ2v) is 7.12. The first kappa shape index (κ1) is 15.8. The molecule has 3 aromatic rings. The van der Waals surface area contributed by atoms with Crippen LogP contribution in [0.25, 0.3) is 11.3 Å². The highest BCUT2D eigenvalue weighted by Gasteiger charge is 2.28. The highest BCUT2D eigenvalue weighted by atomic mass is 15.4. The Labute approximate surface area is 149 Å². The summed E-state index contributed by atoms with van der Waals surface area (Å²) in [5.74, 6) is 0. The molecular formula is C21H24N4. The van der Waals surface area contributed by atoms with Crippen molar-refractivity contribution in [2.24, 2.45) is 0 Å². The van der Waals surface area contributed by atoms with Gasteiger partial charge < -0.3 is 9.80 Å². The molecule has 0 amide bonds. The van der Waals surface area contributed by atoms with Gasteiger partial charge in [-0.1, -0.05) is 12.1 Å². The van der Waals surface area contributed by atoms with Crippen LogP contribution < -0.4 is 9.80 Å². The summed E-state index contributed by atoms with van der Waals surface area (Å²) >= 11 is 0. The molecule has 0 radical (unpaired) electrons. The molecule has 25 heavy (non-hydrogen) atoms. The predicted octanol–water partition coefficient (Wildman–Crippen LogP) is 5.02. The van der Waals surface area contributed by atoms with Crippen molar-refractivity contribution in [1.82, 2.24) is 10.2 Å². The number of nitrogens with zero attached hydrogens (tertiary/aromatic N) is 3. The fraction of sp³-hybridized carbons (Fsp3) is 0.286. The second-order valence-electron chi connectivity index (χ2n) is 7.12. The SMILES string of the molecule is Cc1cc(-c2cc(C)[nH]n2)cc(N2CN(C(C)C)c3ccccc32)c1. The number of hydrogen-bond acceptors (Lipinski definition) is 3. The van der Waals surface area contributed by atoms with Crippen molar-refractivity contribution in [1.29, 1.82) is 0 Å². The van der Waals surface area contributed by atoms with Gasteiger partial charge in [0.25, 0.3) is 0 Å². The number of nitrogens with one attached hydrogen (secondary N) is 1. The van der Waals surface area contributed by atoms with Crippen molar-refractivity contribution in [3.8, 4) is 11.3 Å². The van der Waals surface area contributed by atoms with Gasteiger partial charge in [0.15, 0.2) is 0 Å². The van der Waals surface area contributed by atoms with Crippen LogP contribution in [0.5, 0.6) is 0 Å². The lowest BCUT2D eigenvalue weighted by atomic mass is 10.1. The Morgan fingerprint density at radius 2 is 1.76 bits per heavy atom. The molecule has 4 heteroatoms. The van der Waals surface area contributed by atoms with Crippen LogP contribution in [0.15, 0.2) is 48.5 Å². The number of anilines is 3. The maximum Gasteiger partial charge on any atom is 0.0955 e. The first-order chi connectivity index (χ1) is 12.0. The van der Waals surface area contributed by atoms with E-state index in [9.17, 15) is 0 Å². The highest BCUT2D eigenvalue weighted by Crippen LogP contribution is 2.42. The van der Waals surface area contributed by atoms with Crippen molar-refractivity contribution in [2.45, 2.75) is 33.7 Å². The Morgan fingerprint density at radius 1 is 1.00 bits per heavy atom. The molecule has 128 valence electrons. The first-order valence-corrected chi connectivity index (χ1v) is 8.80. The molecule has 2 heterocycles. The molecule has 4 nitrogen and oxygen atoms in total. The Morgan fingerprint density at radius 3 is 2.44 bits per heavy atom. The van der Waals surface area contributed by atoms with Gasteiger partial charge in [-0.05, 0) is 69.7 Å². The van der Waals surface area contributed by atoms with Gasteiger partial charge in [0.2, 0.25) is 0 Å². The van der Waals surface area contributed by atoms with E-state index in [4.69, 9.17) is 0 Å². The van der Waals surface area contributed by atoms with Gasteiger partial charge >= 0.3 is 0 Å². The van der Waals surface area contributed by atoms with E-state index < -0.39 is 0 Å². The molecule has 1 aliphatic heterocycles. The summed E-state index contributed by atoms with van der Waals surface area (Å²) in [6.07, 6.45) is 0. The number of H-pyrrole nitrogens is 1. The van der Waals surface area contributed by atoms with Gasteiger partial charge in [-0.15, -0.1) is 0 Å². The average Bonchev–Trinajstić information content (AvgIpc) is 3.18. The summed E-state index contributed by atoms with van der Waals surface area (Å²) in [7, 11) is 0. The molecular weight excluding hydrogens is 308 g/mol. The molecule has 2 aromatic carbocycles. The van der Waals surface area contributed by atoms with Crippen LogP contribution in [0.3, 0.4) is 0 Å². The molecule has 1 aromatic heterocycles. The van der Waals surface area contributed by atoms with Gasteiger partial charge in [-0.2, -0.15) is 5.10 Å². The Kier molecular flexibility index (Phi) is 3.75. The highest BCUT2D eigenvalue weighted by molar-refractivity contribution is 5.84. The fourth-order valence-electron chi connectivity index (χ4n) is 3.53. The Hall–Kier alpha value is -2.75. The van der Waals surface area contributed by atoms with Gasteiger partial charge in [0.05, 0.1) is 23.7 Å². The summed E-state index contributed by atoms with van der Waals surface area (Å²) in [5.41, 5.74) is 8.26. The molecule has 4 rings (SSSR count). The van der Waals surface area contributed by atoms with Crippen molar-refractivity contribution in [3.05, 3.63) is 59.8 Å². The van der Waals surface area contributed by atoms with E-state index in [1.54, 1.807) is 0 Å². The third-order valence-electron chi connectivity index (χ3n) is 4.77. The summed E-state index contributed by atoms with van der Waals surface area (Å²) in [6, 6.07) is 17.9. The number of para-hydroxylation sites is 2. The molecule has 0 aliphatic carbocycles. The van der Waals surface area contributed by atoms with Gasteiger partial charge in [-0.25, -0.2) is 0 Å². The number of benzene rings is 2. The third kappa shape index (κ3) is 2.78. The Balaban J connectivity index is 1.79. The largest absolute Gasteiger partial charge is 0.349 e. The summed E-state index contributed by atoms with van der Waals surface area (Å²) in [5, 5.41) is 7.47. The van der Waals surface area contributed by atoms with Crippen LogP contribution in [-0.2, 0) is 0 Å². The van der Waals surface area contributed by atoms with Gasteiger partial charge in [0, 0.05) is 23.0 Å². The Bertz CT molecular complexity index is 910. The molecule has 1 aliphatic rings. The first-order valence-electron chi connectivity index (χ1n) is 8.80. The molecule has 0 saturated carbocycles. The maximum absolute atomic E-state index is 4.43. The topological polar surface area (TPSA) is 35.2 Å². The molecule has 0 fully saturated rings. The third-order valence-corrected chi connectivity index (χ3v) is 4.77. The molecule has 0 saturated heterocycles. The summed E-state index contributed by atoms with van der Waals surface area (Å²) < 4.78 is 0. The van der Waals surface area contributed by atoms with Crippen molar-refractivity contribution in [3.63, 3.8) is 0 Å². The number of fused-ring (bicyclic) bond motifs is 1. The van der Waals surface area contributed by atoms with E-state index in [2.05, 4.69) is 89.3 Å². The van der Waals surface area contributed by atoms with Crippen LogP contribution >= 0.6 is 0 Å². The lowest BCUT2D eigenvalue weighted by Gasteiger charge is -2.25. The zero-order chi connectivity index (χ0) is 17.6. The van der Waals surface area contributed by atoms with Crippen molar-refractivity contribution in [2.75, 3.05) is 16.5 Å². The number of aromatic amines is 1. The number of aryl methyl sites for hydroxylation is 2. The number of hydrogen-bond donors (Lipinski definition) is 1. The van der Waals surface area contributed by atoms with Crippen molar-refractivity contribution < 1.29 is 0 Å². The summed E-state index contributed by atoms with van der Waals surface area (Å²) in [6.45, 7) is 9.54. The van der Waals surface area contributed by atoms with Crippen LogP contribution in [-0.4, -0.2) is 22.9 Å². The molecule has 0 spiro atoms. The maximum atomic E-state index is 4.43. The van der Waals surface area contributed by atoms with E-state index in [-0.39, 0.29) is 0 Å². The van der Waals surface area contributed by atoms with E-state index in [1.807, 2.05) is 6.92 Å². The monoisotopic (exact) mass is 332 g/mol. The van der Waals surface area contributed by atoms with E-state index in [0.29, 0.717) is 6.04 Å². The summed E-state index contributed by atoms with van der Waals surface area (Å²) in [4.78, 5) is 4.83. The standard InChI is InChI=1S/C21H24N4/c1-14(2)24-13-25(21-8-6-5-7-20(21)24)18-10-15(3)9-17(12-18)19-11-16(4)22-23-19/h5-12,14H,13H2,1-4H3,(H,22,23). The number of rotatable bonds is 3. The second kappa shape index (κ2) is 5.96. The minimum absolute atomic E-state index is 0.462. The minimum atomic E-state index is 0.462. The fourth-order valence-corrected chi connectivity index (χ4v) is 3.53. The van der Waals surface area contributed by atoms with Crippen LogP contribution in [0.1, 0.15) is 25.1 Å². The van der Waals surface area contributed by atoms with Gasteiger partial charge in [-0.3, -0.25) is 5.10 Å². The van der Waals surface area contributed by atoms with Crippen LogP contribution in [0.4, 0.5) is 17.1 Å². The average molecular weight is 332 g/mol. The molecule has 0 bridgehead atoms. The van der Waals surface area contributed by atoms with E-state index >= 15 is 0 Å². The van der Waals surface area contributed by atoms with Crippen LogP contribution in [0, 0.1) is 13.8 Å². The minimum Gasteiger partial charge on any atom is -0.349 e. The zero-order valence-corrected chi connectivity index (χ0v) is 15.2.